The molecule has 22 heavy (non-hydrogen) atoms. The van der Waals surface area contributed by atoms with Crippen LogP contribution in [0.2, 0.25) is 0 Å². The van der Waals surface area contributed by atoms with E-state index in [2.05, 4.69) is 0 Å². The van der Waals surface area contributed by atoms with E-state index in [-0.39, 0.29) is 6.29 Å². The fourth-order valence-corrected chi connectivity index (χ4v) is 2.00. The molecule has 0 aromatic rings. The zero-order valence-corrected chi connectivity index (χ0v) is 11.8. The largest absolute Gasteiger partial charge is 0.394 e. The number of aliphatic hydroxyl groups excluding tert-OH is 7. The maximum Gasteiger partial charge on any atom is 0.187 e. The van der Waals surface area contributed by atoms with Crippen molar-refractivity contribution in [2.75, 3.05) is 6.61 Å². The van der Waals surface area contributed by atoms with Crippen molar-refractivity contribution in [1.29, 1.82) is 0 Å². The van der Waals surface area contributed by atoms with Crippen molar-refractivity contribution in [3.8, 4) is 0 Å². The van der Waals surface area contributed by atoms with E-state index in [4.69, 9.17) is 14.6 Å². The Bertz CT molecular complexity index is 353. The highest BCUT2D eigenvalue weighted by atomic mass is 16.7. The summed E-state index contributed by atoms with van der Waals surface area (Å²) >= 11 is 0. The Morgan fingerprint density at radius 1 is 1.09 bits per heavy atom. The van der Waals surface area contributed by atoms with Crippen LogP contribution in [0.15, 0.2) is 0 Å². The summed E-state index contributed by atoms with van der Waals surface area (Å²) in [5, 5.41) is 66.1. The van der Waals surface area contributed by atoms with Gasteiger partial charge in [-0.15, -0.1) is 0 Å². The summed E-state index contributed by atoms with van der Waals surface area (Å²) in [6, 6.07) is 0. The molecule has 1 saturated heterocycles. The van der Waals surface area contributed by atoms with Crippen LogP contribution in [-0.4, -0.2) is 104 Å². The lowest BCUT2D eigenvalue weighted by Crippen LogP contribution is -2.59. The topological polar surface area (TPSA) is 177 Å². The number of hydrogen-bond acceptors (Lipinski definition) is 10. The van der Waals surface area contributed by atoms with Gasteiger partial charge < -0.3 is 50.0 Å². The quantitative estimate of drug-likeness (QED) is 0.225. The first kappa shape index (κ1) is 19.4. The molecule has 9 atom stereocenters. The normalized spacial score (nSPS) is 38.1. The molecule has 0 unspecified atom stereocenters. The van der Waals surface area contributed by atoms with Gasteiger partial charge in [-0.25, -0.2) is 0 Å². The summed E-state index contributed by atoms with van der Waals surface area (Å²) in [6.07, 6.45) is -14.2. The summed E-state index contributed by atoms with van der Waals surface area (Å²) in [5.41, 5.74) is 0. The van der Waals surface area contributed by atoms with E-state index in [1.165, 1.54) is 6.92 Å². The van der Waals surface area contributed by atoms with Crippen molar-refractivity contribution < 1.29 is 50.0 Å². The SMILES string of the molecule is C[C@H]1O[C@@H](O[C@@H](C=O)[C@@H](O)[C@H](O)[C@H](O)CO)[C@@H](O)[C@@H](O)[C@@H]1O. The average Bonchev–Trinajstić information content (AvgIpc) is 2.52. The van der Waals surface area contributed by atoms with E-state index >= 15 is 0 Å². The summed E-state index contributed by atoms with van der Waals surface area (Å²) in [7, 11) is 0. The number of carbonyl (C=O) groups excluding carboxylic acids is 1. The van der Waals surface area contributed by atoms with Crippen LogP contribution in [-0.2, 0) is 14.3 Å². The maximum atomic E-state index is 11.0. The lowest BCUT2D eigenvalue weighted by molar-refractivity contribution is -0.308. The van der Waals surface area contributed by atoms with Crippen LogP contribution in [0.3, 0.4) is 0 Å². The second-order valence-corrected chi connectivity index (χ2v) is 5.15. The Kier molecular flexibility index (Phi) is 7.25. The number of aldehydes is 1. The molecule has 10 nitrogen and oxygen atoms in total. The van der Waals surface area contributed by atoms with Gasteiger partial charge in [0.25, 0.3) is 0 Å². The van der Waals surface area contributed by atoms with Crippen LogP contribution in [0.25, 0.3) is 0 Å². The van der Waals surface area contributed by atoms with E-state index < -0.39 is 61.7 Å². The minimum atomic E-state index is -1.91. The van der Waals surface area contributed by atoms with Gasteiger partial charge in [0, 0.05) is 0 Å². The smallest absolute Gasteiger partial charge is 0.187 e. The molecule has 0 bridgehead atoms. The highest BCUT2D eigenvalue weighted by Gasteiger charge is 2.44. The molecule has 0 saturated carbocycles. The Balaban J connectivity index is 2.75. The van der Waals surface area contributed by atoms with Crippen LogP contribution >= 0.6 is 0 Å². The molecule has 0 amide bonds. The van der Waals surface area contributed by atoms with Gasteiger partial charge in [-0.2, -0.15) is 0 Å². The molecule has 0 aromatic carbocycles. The van der Waals surface area contributed by atoms with Gasteiger partial charge in [-0.3, -0.25) is 0 Å². The van der Waals surface area contributed by atoms with E-state index in [0.29, 0.717) is 0 Å². The molecule has 0 radical (unpaired) electrons. The van der Waals surface area contributed by atoms with Crippen molar-refractivity contribution in [3.05, 3.63) is 0 Å². The summed E-state index contributed by atoms with van der Waals surface area (Å²) in [6.45, 7) is 0.543. The first-order valence-electron chi connectivity index (χ1n) is 6.70. The van der Waals surface area contributed by atoms with E-state index in [1.807, 2.05) is 0 Å². The fourth-order valence-electron chi connectivity index (χ4n) is 2.00. The van der Waals surface area contributed by atoms with E-state index in [1.54, 1.807) is 0 Å². The highest BCUT2D eigenvalue weighted by molar-refractivity contribution is 5.57. The van der Waals surface area contributed by atoms with Gasteiger partial charge >= 0.3 is 0 Å². The standard InChI is InChI=1S/C12H22O10/c1-4-7(16)10(19)11(20)12(21-4)22-6(3-14)9(18)8(17)5(15)2-13/h3-13,15-20H,2H2,1H3/t4-,5-,6+,7-,8-,9-,10+,11+,12+/m1/s1. The molecule has 1 fully saturated rings. The van der Waals surface area contributed by atoms with Crippen LogP contribution in [0.5, 0.6) is 0 Å². The predicted molar refractivity (Wildman–Crippen MR) is 68.4 cm³/mol. The number of hydrogen-bond donors (Lipinski definition) is 7. The highest BCUT2D eigenvalue weighted by Crippen LogP contribution is 2.23. The third-order valence-electron chi connectivity index (χ3n) is 3.50. The minimum Gasteiger partial charge on any atom is -0.394 e. The van der Waals surface area contributed by atoms with Gasteiger partial charge in [0.15, 0.2) is 12.6 Å². The van der Waals surface area contributed by atoms with Crippen LogP contribution in [0.1, 0.15) is 6.92 Å². The number of rotatable bonds is 7. The van der Waals surface area contributed by atoms with Gasteiger partial charge in [0.2, 0.25) is 0 Å². The molecule has 130 valence electrons. The molecule has 0 aliphatic carbocycles. The van der Waals surface area contributed by atoms with Crippen molar-refractivity contribution in [2.24, 2.45) is 0 Å². The molecule has 7 N–H and O–H groups in total. The molecular formula is C12H22O10. The zero-order chi connectivity index (χ0) is 17.0. The molecule has 1 aliphatic heterocycles. The summed E-state index contributed by atoms with van der Waals surface area (Å²) in [4.78, 5) is 11.0. The lowest BCUT2D eigenvalue weighted by atomic mass is 9.99. The van der Waals surface area contributed by atoms with Gasteiger partial charge in [0.1, 0.15) is 42.7 Å². The monoisotopic (exact) mass is 326 g/mol. The third-order valence-corrected chi connectivity index (χ3v) is 3.50. The minimum absolute atomic E-state index is 0.107. The first-order chi connectivity index (χ1) is 10.2. The van der Waals surface area contributed by atoms with E-state index in [9.17, 15) is 35.4 Å². The van der Waals surface area contributed by atoms with Gasteiger partial charge in [-0.05, 0) is 6.92 Å². The summed E-state index contributed by atoms with van der Waals surface area (Å²) in [5.74, 6) is 0. The maximum absolute atomic E-state index is 11.0. The fraction of sp³-hybridized carbons (Fsp3) is 0.917. The number of ether oxygens (including phenoxy) is 2. The van der Waals surface area contributed by atoms with Crippen LogP contribution in [0.4, 0.5) is 0 Å². The predicted octanol–water partition coefficient (Wildman–Crippen LogP) is -4.53. The Labute approximate surface area is 126 Å². The Hall–Kier alpha value is -0.690. The number of aliphatic hydroxyl groups is 7. The second-order valence-electron chi connectivity index (χ2n) is 5.15. The molecule has 1 heterocycles. The second kappa shape index (κ2) is 8.24. The molecule has 0 spiro atoms. The van der Waals surface area contributed by atoms with Crippen molar-refractivity contribution in [1.82, 2.24) is 0 Å². The van der Waals surface area contributed by atoms with Crippen LogP contribution < -0.4 is 0 Å². The molecule has 0 aromatic heterocycles. The van der Waals surface area contributed by atoms with Crippen molar-refractivity contribution >= 4 is 6.29 Å². The summed E-state index contributed by atoms with van der Waals surface area (Å²) < 4.78 is 10.1. The van der Waals surface area contributed by atoms with Gasteiger partial charge in [-0.1, -0.05) is 0 Å². The lowest BCUT2D eigenvalue weighted by Gasteiger charge is -2.40. The number of carbonyl (C=O) groups is 1. The average molecular weight is 326 g/mol. The van der Waals surface area contributed by atoms with Gasteiger partial charge in [0.05, 0.1) is 12.7 Å². The van der Waals surface area contributed by atoms with Crippen LogP contribution in [0, 0.1) is 0 Å². The zero-order valence-electron chi connectivity index (χ0n) is 11.8. The van der Waals surface area contributed by atoms with Crippen molar-refractivity contribution in [2.45, 2.75) is 62.0 Å². The van der Waals surface area contributed by atoms with Crippen molar-refractivity contribution in [3.63, 3.8) is 0 Å². The molecule has 1 aliphatic rings. The molecular weight excluding hydrogens is 304 g/mol. The van der Waals surface area contributed by atoms with E-state index in [0.717, 1.165) is 0 Å². The molecule has 1 rings (SSSR count). The first-order valence-corrected chi connectivity index (χ1v) is 6.70. The Morgan fingerprint density at radius 3 is 2.18 bits per heavy atom. The third kappa shape index (κ3) is 4.19. The Morgan fingerprint density at radius 2 is 1.68 bits per heavy atom. The molecule has 10 heteroatoms.